The van der Waals surface area contributed by atoms with Gasteiger partial charge in [0.15, 0.2) is 0 Å². The number of aryl methyl sites for hydroxylation is 1. The maximum absolute atomic E-state index is 12.3. The van der Waals surface area contributed by atoms with Gasteiger partial charge in [-0.2, -0.15) is 0 Å². The van der Waals surface area contributed by atoms with Crippen LogP contribution in [0.2, 0.25) is 0 Å². The first kappa shape index (κ1) is 22.1. The molecule has 0 aliphatic carbocycles. The first-order valence-corrected chi connectivity index (χ1v) is 9.55. The van der Waals surface area contributed by atoms with E-state index < -0.39 is 0 Å². The first-order valence-electron chi connectivity index (χ1n) is 9.55. The van der Waals surface area contributed by atoms with E-state index in [9.17, 15) is 14.4 Å². The van der Waals surface area contributed by atoms with E-state index in [1.54, 1.807) is 24.3 Å². The van der Waals surface area contributed by atoms with E-state index in [0.29, 0.717) is 11.3 Å². The van der Waals surface area contributed by atoms with Gasteiger partial charge in [-0.3, -0.25) is 14.4 Å². The molecule has 2 aromatic carbocycles. The highest BCUT2D eigenvalue weighted by Crippen LogP contribution is 2.22. The minimum absolute atomic E-state index is 0.00678. The van der Waals surface area contributed by atoms with Crippen LogP contribution in [0.5, 0.6) is 0 Å². The van der Waals surface area contributed by atoms with Gasteiger partial charge in [0.05, 0.1) is 13.1 Å². The molecule has 0 atom stereocenters. The highest BCUT2D eigenvalue weighted by Gasteiger charge is 2.16. The maximum atomic E-state index is 12.3. The minimum atomic E-state index is -0.344. The molecule has 2 rings (SSSR count). The van der Waals surface area contributed by atoms with Gasteiger partial charge < -0.3 is 15.5 Å². The first-order chi connectivity index (χ1) is 13.6. The summed E-state index contributed by atoms with van der Waals surface area (Å²) in [6.45, 7) is 8.00. The van der Waals surface area contributed by atoms with Crippen molar-refractivity contribution >= 4 is 23.4 Å². The predicted octanol–water partition coefficient (Wildman–Crippen LogP) is 3.12. The zero-order chi connectivity index (χ0) is 21.6. The van der Waals surface area contributed by atoms with Crippen LogP contribution in [0.15, 0.2) is 48.5 Å². The van der Waals surface area contributed by atoms with Gasteiger partial charge in [-0.15, -0.1) is 0 Å². The maximum Gasteiger partial charge on any atom is 0.251 e. The van der Waals surface area contributed by atoms with Crippen molar-refractivity contribution < 1.29 is 14.4 Å². The molecule has 0 aliphatic heterocycles. The van der Waals surface area contributed by atoms with Gasteiger partial charge >= 0.3 is 0 Å². The highest BCUT2D eigenvalue weighted by molar-refractivity contribution is 5.98. The fourth-order valence-electron chi connectivity index (χ4n) is 2.66. The van der Waals surface area contributed by atoms with Gasteiger partial charge in [0.25, 0.3) is 5.91 Å². The number of hydrogen-bond acceptors (Lipinski definition) is 3. The van der Waals surface area contributed by atoms with Crippen LogP contribution in [0, 0.1) is 6.92 Å². The molecule has 6 heteroatoms. The summed E-state index contributed by atoms with van der Waals surface area (Å²) >= 11 is 0. The topological polar surface area (TPSA) is 78.5 Å². The van der Waals surface area contributed by atoms with Gasteiger partial charge in [0, 0.05) is 18.3 Å². The lowest BCUT2D eigenvalue weighted by Crippen LogP contribution is -2.41. The number of carbonyl (C=O) groups is 3. The SMILES string of the molecule is Cc1ccc(NC(=O)CN(C)C(=O)CNC(=O)c2ccc(C(C)(C)C)cc2)cc1. The number of hydrogen-bond donors (Lipinski definition) is 2. The van der Waals surface area contributed by atoms with Gasteiger partial charge in [-0.05, 0) is 42.2 Å². The summed E-state index contributed by atoms with van der Waals surface area (Å²) in [4.78, 5) is 37.9. The van der Waals surface area contributed by atoms with Crippen LogP contribution in [0.3, 0.4) is 0 Å². The van der Waals surface area contributed by atoms with Crippen LogP contribution in [0.1, 0.15) is 42.3 Å². The number of anilines is 1. The van der Waals surface area contributed by atoms with Crippen molar-refractivity contribution in [1.82, 2.24) is 10.2 Å². The highest BCUT2D eigenvalue weighted by atomic mass is 16.2. The molecule has 0 aliphatic rings. The number of likely N-dealkylation sites (N-methyl/N-ethyl adjacent to an activating group) is 1. The fraction of sp³-hybridized carbons (Fsp3) is 0.348. The summed E-state index contributed by atoms with van der Waals surface area (Å²) in [5, 5.41) is 5.35. The largest absolute Gasteiger partial charge is 0.343 e. The second kappa shape index (κ2) is 9.37. The van der Waals surface area contributed by atoms with Gasteiger partial charge in [0.1, 0.15) is 0 Å². The Labute approximate surface area is 172 Å². The molecule has 3 amide bonds. The number of benzene rings is 2. The third kappa shape index (κ3) is 6.75. The van der Waals surface area contributed by atoms with Crippen molar-refractivity contribution in [3.8, 4) is 0 Å². The molecule has 0 radical (unpaired) electrons. The monoisotopic (exact) mass is 395 g/mol. The van der Waals surface area contributed by atoms with E-state index in [1.165, 1.54) is 11.9 Å². The average Bonchev–Trinajstić information content (AvgIpc) is 2.67. The minimum Gasteiger partial charge on any atom is -0.343 e. The third-order valence-corrected chi connectivity index (χ3v) is 4.56. The van der Waals surface area contributed by atoms with E-state index in [2.05, 4.69) is 31.4 Å². The molecule has 0 saturated heterocycles. The van der Waals surface area contributed by atoms with E-state index in [1.807, 2.05) is 31.2 Å². The van der Waals surface area contributed by atoms with Gasteiger partial charge in [-0.1, -0.05) is 50.6 Å². The Kier molecular flexibility index (Phi) is 7.15. The summed E-state index contributed by atoms with van der Waals surface area (Å²) < 4.78 is 0. The van der Waals surface area contributed by atoms with Crippen LogP contribution in [0.4, 0.5) is 5.69 Å². The van der Waals surface area contributed by atoms with E-state index in [4.69, 9.17) is 0 Å². The van der Waals surface area contributed by atoms with Crippen molar-refractivity contribution in [2.45, 2.75) is 33.1 Å². The van der Waals surface area contributed by atoms with Crippen molar-refractivity contribution in [2.75, 3.05) is 25.5 Å². The number of amides is 3. The van der Waals surface area contributed by atoms with Crippen LogP contribution in [0.25, 0.3) is 0 Å². The second-order valence-corrected chi connectivity index (χ2v) is 8.17. The van der Waals surface area contributed by atoms with Crippen LogP contribution >= 0.6 is 0 Å². The molecule has 2 N–H and O–H groups in total. The molecule has 29 heavy (non-hydrogen) atoms. The Bertz CT molecular complexity index is 866. The summed E-state index contributed by atoms with van der Waals surface area (Å²) in [6, 6.07) is 14.7. The van der Waals surface area contributed by atoms with E-state index in [0.717, 1.165) is 11.1 Å². The van der Waals surface area contributed by atoms with Crippen LogP contribution < -0.4 is 10.6 Å². The Morgan fingerprint density at radius 2 is 1.52 bits per heavy atom. The summed E-state index contributed by atoms with van der Waals surface area (Å²) in [6.07, 6.45) is 0. The molecule has 0 heterocycles. The molecular weight excluding hydrogens is 366 g/mol. The van der Waals surface area contributed by atoms with Crippen LogP contribution in [-0.2, 0) is 15.0 Å². The van der Waals surface area contributed by atoms with Crippen molar-refractivity contribution in [3.05, 3.63) is 65.2 Å². The zero-order valence-corrected chi connectivity index (χ0v) is 17.7. The smallest absolute Gasteiger partial charge is 0.251 e. The fourth-order valence-corrected chi connectivity index (χ4v) is 2.66. The van der Waals surface area contributed by atoms with Crippen molar-refractivity contribution in [3.63, 3.8) is 0 Å². The average molecular weight is 396 g/mol. The number of carbonyl (C=O) groups excluding carboxylic acids is 3. The Balaban J connectivity index is 1.82. The van der Waals surface area contributed by atoms with Crippen molar-refractivity contribution in [1.29, 1.82) is 0 Å². The molecule has 0 aromatic heterocycles. The number of nitrogens with zero attached hydrogens (tertiary/aromatic N) is 1. The lowest BCUT2D eigenvalue weighted by atomic mass is 9.87. The molecule has 2 aromatic rings. The van der Waals surface area contributed by atoms with Gasteiger partial charge in [-0.25, -0.2) is 0 Å². The molecule has 0 bridgehead atoms. The van der Waals surface area contributed by atoms with Crippen molar-refractivity contribution in [2.24, 2.45) is 0 Å². The number of rotatable bonds is 6. The normalized spacial score (nSPS) is 10.9. The molecule has 6 nitrogen and oxygen atoms in total. The van der Waals surface area contributed by atoms with Crippen LogP contribution in [-0.4, -0.2) is 42.8 Å². The third-order valence-electron chi connectivity index (χ3n) is 4.56. The molecule has 0 fully saturated rings. The summed E-state index contributed by atoms with van der Waals surface area (Å²) in [5.74, 6) is -0.964. The quantitative estimate of drug-likeness (QED) is 0.789. The Hall–Kier alpha value is -3.15. The number of nitrogens with one attached hydrogen (secondary N) is 2. The Morgan fingerprint density at radius 3 is 2.07 bits per heavy atom. The molecule has 0 saturated carbocycles. The molecule has 154 valence electrons. The second-order valence-electron chi connectivity index (χ2n) is 8.17. The van der Waals surface area contributed by atoms with E-state index in [-0.39, 0.29) is 36.2 Å². The predicted molar refractivity (Wildman–Crippen MR) is 115 cm³/mol. The van der Waals surface area contributed by atoms with Gasteiger partial charge in [0.2, 0.25) is 11.8 Å². The van der Waals surface area contributed by atoms with E-state index >= 15 is 0 Å². The standard InChI is InChI=1S/C23H29N3O3/c1-16-6-12-19(13-7-16)25-20(27)15-26(5)21(28)14-24-22(29)17-8-10-18(11-9-17)23(2,3)4/h6-13H,14-15H2,1-5H3,(H,24,29)(H,25,27). The summed E-state index contributed by atoms with van der Waals surface area (Å²) in [5.41, 5.74) is 3.40. The molecular formula is C23H29N3O3. The zero-order valence-electron chi connectivity index (χ0n) is 17.7. The Morgan fingerprint density at radius 1 is 0.931 bits per heavy atom. The molecule has 0 spiro atoms. The molecule has 0 unspecified atom stereocenters. The lowest BCUT2D eigenvalue weighted by Gasteiger charge is -2.19. The summed E-state index contributed by atoms with van der Waals surface area (Å²) in [7, 11) is 1.53. The lowest BCUT2D eigenvalue weighted by molar-refractivity contribution is -0.132.